The van der Waals surface area contributed by atoms with Gasteiger partial charge in [-0.25, -0.2) is 0 Å². The van der Waals surface area contributed by atoms with E-state index in [0.29, 0.717) is 11.3 Å². The van der Waals surface area contributed by atoms with E-state index in [1.807, 2.05) is 30.3 Å². The normalized spacial score (nSPS) is 9.95. The van der Waals surface area contributed by atoms with Crippen LogP contribution in [-0.2, 0) is 4.79 Å². The molecule has 2 amide bonds. The summed E-state index contributed by atoms with van der Waals surface area (Å²) in [4.78, 5) is 22.8. The van der Waals surface area contributed by atoms with Gasteiger partial charge in [0.25, 0.3) is 5.91 Å². The van der Waals surface area contributed by atoms with E-state index in [2.05, 4.69) is 11.4 Å². The van der Waals surface area contributed by atoms with Crippen molar-refractivity contribution in [2.45, 2.75) is 6.92 Å². The predicted octanol–water partition coefficient (Wildman–Crippen LogP) is 2.21. The molecule has 0 aliphatic heterocycles. The lowest BCUT2D eigenvalue weighted by atomic mass is 9.97. The van der Waals surface area contributed by atoms with Crippen LogP contribution in [0.1, 0.15) is 17.3 Å². The fourth-order valence-electron chi connectivity index (χ4n) is 1.89. The smallest absolute Gasteiger partial charge is 0.251 e. The molecule has 0 aliphatic rings. The van der Waals surface area contributed by atoms with Gasteiger partial charge >= 0.3 is 0 Å². The summed E-state index contributed by atoms with van der Waals surface area (Å²) in [5.74, 6) is -0.872. The van der Waals surface area contributed by atoms with Crippen molar-refractivity contribution in [3.8, 4) is 11.1 Å². The van der Waals surface area contributed by atoms with Crippen molar-refractivity contribution in [1.82, 2.24) is 0 Å². The highest BCUT2D eigenvalue weighted by Crippen LogP contribution is 2.28. The van der Waals surface area contributed by atoms with Gasteiger partial charge in [-0.15, -0.1) is 0 Å². The van der Waals surface area contributed by atoms with Gasteiger partial charge in [-0.05, 0) is 11.1 Å². The van der Waals surface area contributed by atoms with Gasteiger partial charge in [0, 0.05) is 13.0 Å². The molecule has 0 unspecified atom stereocenters. The highest BCUT2D eigenvalue weighted by Gasteiger charge is 2.15. The lowest BCUT2D eigenvalue weighted by molar-refractivity contribution is -0.114. The predicted molar refractivity (Wildman–Crippen MR) is 73.5 cm³/mol. The van der Waals surface area contributed by atoms with E-state index >= 15 is 0 Å². The van der Waals surface area contributed by atoms with Crippen LogP contribution >= 0.6 is 0 Å². The molecule has 4 heteroatoms. The van der Waals surface area contributed by atoms with E-state index in [-0.39, 0.29) is 11.5 Å². The monoisotopic (exact) mass is 253 g/mol. The largest absolute Gasteiger partial charge is 0.366 e. The highest BCUT2D eigenvalue weighted by atomic mass is 16.2. The first-order valence-corrected chi connectivity index (χ1v) is 5.77. The van der Waals surface area contributed by atoms with Crippen LogP contribution in [0.3, 0.4) is 0 Å². The highest BCUT2D eigenvalue weighted by molar-refractivity contribution is 6.07. The molecule has 4 nitrogen and oxygen atoms in total. The van der Waals surface area contributed by atoms with Crippen molar-refractivity contribution in [2.75, 3.05) is 5.32 Å². The topological polar surface area (TPSA) is 72.2 Å². The minimum absolute atomic E-state index is 0.268. The Labute approximate surface area is 111 Å². The van der Waals surface area contributed by atoms with Crippen LogP contribution in [0.4, 0.5) is 5.69 Å². The second-order valence-electron chi connectivity index (χ2n) is 4.05. The van der Waals surface area contributed by atoms with E-state index in [1.165, 1.54) is 6.92 Å². The molecule has 1 radical (unpaired) electrons. The third-order valence-electron chi connectivity index (χ3n) is 2.63. The number of rotatable bonds is 3. The van der Waals surface area contributed by atoms with E-state index in [9.17, 15) is 9.59 Å². The van der Waals surface area contributed by atoms with Crippen molar-refractivity contribution < 1.29 is 9.59 Å². The molecule has 0 spiro atoms. The number of hydrogen-bond donors (Lipinski definition) is 2. The third-order valence-corrected chi connectivity index (χ3v) is 2.63. The zero-order valence-electron chi connectivity index (χ0n) is 10.4. The molecule has 3 N–H and O–H groups in total. The molecule has 0 saturated carbocycles. The Morgan fingerprint density at radius 2 is 1.84 bits per heavy atom. The zero-order valence-corrected chi connectivity index (χ0v) is 10.4. The number of primary amides is 1. The molecule has 0 saturated heterocycles. The SMILES string of the molecule is CC(=O)Nc1[c]ccc(-c2ccccc2)c1C(N)=O. The summed E-state index contributed by atoms with van der Waals surface area (Å²) in [5.41, 5.74) is 7.53. The first-order chi connectivity index (χ1) is 9.09. The molecular formula is C15H13N2O2. The van der Waals surface area contributed by atoms with Crippen LogP contribution in [0.25, 0.3) is 11.1 Å². The second-order valence-corrected chi connectivity index (χ2v) is 4.05. The van der Waals surface area contributed by atoms with Crippen molar-refractivity contribution in [3.63, 3.8) is 0 Å². The number of carbonyl (C=O) groups excluding carboxylic acids is 2. The Kier molecular flexibility index (Phi) is 3.61. The number of nitrogens with two attached hydrogens (primary N) is 1. The Bertz CT molecular complexity index is 621. The summed E-state index contributed by atoms with van der Waals surface area (Å²) in [6.07, 6.45) is 0. The fourth-order valence-corrected chi connectivity index (χ4v) is 1.89. The average molecular weight is 253 g/mol. The van der Waals surface area contributed by atoms with Crippen molar-refractivity contribution in [2.24, 2.45) is 5.73 Å². The first kappa shape index (κ1) is 12.8. The number of benzene rings is 2. The molecular weight excluding hydrogens is 240 g/mol. The van der Waals surface area contributed by atoms with Gasteiger partial charge in [-0.3, -0.25) is 9.59 Å². The Hall–Kier alpha value is -2.62. The standard InChI is InChI=1S/C15H13N2O2/c1-10(18)17-13-9-5-8-12(14(13)15(16)19)11-6-3-2-4-7-11/h2-8H,1H3,(H2,16,19)(H,17,18). The quantitative estimate of drug-likeness (QED) is 0.880. The van der Waals surface area contributed by atoms with Crippen molar-refractivity contribution in [1.29, 1.82) is 0 Å². The molecule has 0 bridgehead atoms. The summed E-state index contributed by atoms with van der Waals surface area (Å²) < 4.78 is 0. The molecule has 0 atom stereocenters. The lowest BCUT2D eigenvalue weighted by Crippen LogP contribution is -2.17. The Morgan fingerprint density at radius 3 is 2.42 bits per heavy atom. The Morgan fingerprint density at radius 1 is 1.16 bits per heavy atom. The van der Waals surface area contributed by atoms with Gasteiger partial charge < -0.3 is 11.1 Å². The van der Waals surface area contributed by atoms with Gasteiger partial charge in [0.15, 0.2) is 0 Å². The molecule has 2 aromatic carbocycles. The van der Waals surface area contributed by atoms with Gasteiger partial charge in [0.05, 0.1) is 11.3 Å². The minimum Gasteiger partial charge on any atom is -0.366 e. The summed E-state index contributed by atoms with van der Waals surface area (Å²) in [7, 11) is 0. The maximum atomic E-state index is 11.6. The number of anilines is 1. The number of hydrogen-bond acceptors (Lipinski definition) is 2. The van der Waals surface area contributed by atoms with Crippen LogP contribution in [0.5, 0.6) is 0 Å². The van der Waals surface area contributed by atoms with Gasteiger partial charge in [-0.1, -0.05) is 42.5 Å². The molecule has 2 rings (SSSR count). The molecule has 2 aromatic rings. The average Bonchev–Trinajstić information content (AvgIpc) is 2.38. The third kappa shape index (κ3) is 2.80. The number of nitrogens with one attached hydrogen (secondary N) is 1. The van der Waals surface area contributed by atoms with E-state index < -0.39 is 5.91 Å². The Balaban J connectivity index is 2.61. The van der Waals surface area contributed by atoms with Crippen LogP contribution in [0, 0.1) is 6.07 Å². The molecule has 0 fully saturated rings. The van der Waals surface area contributed by atoms with Crippen LogP contribution in [0.15, 0.2) is 42.5 Å². The minimum atomic E-state index is -0.598. The first-order valence-electron chi connectivity index (χ1n) is 5.77. The summed E-state index contributed by atoms with van der Waals surface area (Å²) in [5, 5.41) is 2.57. The summed E-state index contributed by atoms with van der Waals surface area (Å²) in [6, 6.07) is 15.6. The molecule has 95 valence electrons. The van der Waals surface area contributed by atoms with Crippen LogP contribution in [-0.4, -0.2) is 11.8 Å². The molecule has 0 aliphatic carbocycles. The second kappa shape index (κ2) is 5.35. The van der Waals surface area contributed by atoms with E-state index in [0.717, 1.165) is 5.56 Å². The van der Waals surface area contributed by atoms with E-state index in [4.69, 9.17) is 5.73 Å². The number of carbonyl (C=O) groups is 2. The molecule has 0 heterocycles. The van der Waals surface area contributed by atoms with Gasteiger partial charge in [-0.2, -0.15) is 0 Å². The van der Waals surface area contributed by atoms with Crippen LogP contribution < -0.4 is 11.1 Å². The summed E-state index contributed by atoms with van der Waals surface area (Å²) >= 11 is 0. The fraction of sp³-hybridized carbons (Fsp3) is 0.0667. The van der Waals surface area contributed by atoms with Gasteiger partial charge in [0.1, 0.15) is 0 Å². The molecule has 0 aromatic heterocycles. The molecule has 19 heavy (non-hydrogen) atoms. The summed E-state index contributed by atoms with van der Waals surface area (Å²) in [6.45, 7) is 1.37. The maximum Gasteiger partial charge on any atom is 0.251 e. The lowest BCUT2D eigenvalue weighted by Gasteiger charge is -2.12. The van der Waals surface area contributed by atoms with E-state index in [1.54, 1.807) is 12.1 Å². The van der Waals surface area contributed by atoms with Crippen LogP contribution in [0.2, 0.25) is 0 Å². The maximum absolute atomic E-state index is 11.6. The van der Waals surface area contributed by atoms with Crippen molar-refractivity contribution >= 4 is 17.5 Å². The van der Waals surface area contributed by atoms with Crippen molar-refractivity contribution in [3.05, 3.63) is 54.1 Å². The van der Waals surface area contributed by atoms with Gasteiger partial charge in [0.2, 0.25) is 5.91 Å². The number of amides is 2. The zero-order chi connectivity index (χ0) is 13.8.